The Morgan fingerprint density at radius 2 is 1.75 bits per heavy atom. The van der Waals surface area contributed by atoms with Gasteiger partial charge >= 0.3 is 6.18 Å². The smallest absolute Gasteiger partial charge is 0.433 e. The second kappa shape index (κ2) is 10.1. The quantitative estimate of drug-likeness (QED) is 0.225. The van der Waals surface area contributed by atoms with Gasteiger partial charge in [0.1, 0.15) is 5.75 Å². The lowest BCUT2D eigenvalue weighted by molar-refractivity contribution is -0.142. The molecule has 1 N–H and O–H groups in total. The standard InChI is InChI=1S/C28H18BrF3N6O2/c29-20-7-9-22(10-8-20)40-16-37-15-21(14-33-37)34-27(39)24-13-26-35-23(12-25(28(30,31)32)38(26)36-24)19-6-5-17-3-1-2-4-18(17)11-19/h1-15H,16H2,(H,34,39). The van der Waals surface area contributed by atoms with E-state index in [1.807, 2.05) is 42.5 Å². The molecule has 0 unspecified atom stereocenters. The predicted molar refractivity (Wildman–Crippen MR) is 146 cm³/mol. The van der Waals surface area contributed by atoms with Crippen LogP contribution in [0.25, 0.3) is 27.7 Å². The van der Waals surface area contributed by atoms with E-state index in [9.17, 15) is 18.0 Å². The van der Waals surface area contributed by atoms with Gasteiger partial charge in [-0.25, -0.2) is 14.2 Å². The van der Waals surface area contributed by atoms with E-state index in [1.54, 1.807) is 24.3 Å². The number of halogens is 4. The lowest BCUT2D eigenvalue weighted by Crippen LogP contribution is -2.15. The van der Waals surface area contributed by atoms with Crippen molar-refractivity contribution in [3.8, 4) is 17.0 Å². The molecule has 0 bridgehead atoms. The highest BCUT2D eigenvalue weighted by atomic mass is 79.9. The number of hydrogen-bond acceptors (Lipinski definition) is 5. The second-order valence-electron chi connectivity index (χ2n) is 8.84. The van der Waals surface area contributed by atoms with E-state index < -0.39 is 17.8 Å². The van der Waals surface area contributed by atoms with Crippen LogP contribution in [0.1, 0.15) is 16.2 Å². The molecule has 200 valence electrons. The molecule has 0 saturated heterocycles. The van der Waals surface area contributed by atoms with Crippen molar-refractivity contribution in [1.82, 2.24) is 24.4 Å². The molecule has 1 amide bonds. The highest BCUT2D eigenvalue weighted by Gasteiger charge is 2.35. The Hall–Kier alpha value is -4.71. The summed E-state index contributed by atoms with van der Waals surface area (Å²) in [6, 6.07) is 22.2. The average Bonchev–Trinajstić information content (AvgIpc) is 3.58. The van der Waals surface area contributed by atoms with Crippen LogP contribution in [0.4, 0.5) is 18.9 Å². The van der Waals surface area contributed by atoms with Crippen LogP contribution in [0.2, 0.25) is 0 Å². The van der Waals surface area contributed by atoms with Crippen LogP contribution in [0.3, 0.4) is 0 Å². The maximum atomic E-state index is 14.0. The minimum Gasteiger partial charge on any atom is -0.471 e. The van der Waals surface area contributed by atoms with Gasteiger partial charge in [0, 0.05) is 16.1 Å². The van der Waals surface area contributed by atoms with Crippen LogP contribution in [-0.4, -0.2) is 30.3 Å². The summed E-state index contributed by atoms with van der Waals surface area (Å²) in [6.45, 7) is 0.0856. The van der Waals surface area contributed by atoms with Gasteiger partial charge in [0.15, 0.2) is 23.8 Å². The topological polar surface area (TPSA) is 86.3 Å². The summed E-state index contributed by atoms with van der Waals surface area (Å²) in [4.78, 5) is 17.3. The molecule has 0 fully saturated rings. The fraction of sp³-hybridized carbons (Fsp3) is 0.0714. The fourth-order valence-corrected chi connectivity index (χ4v) is 4.41. The first-order chi connectivity index (χ1) is 19.2. The van der Waals surface area contributed by atoms with Crippen molar-refractivity contribution in [1.29, 1.82) is 0 Å². The molecular formula is C28H18BrF3N6O2. The third-order valence-corrected chi connectivity index (χ3v) is 6.59. The van der Waals surface area contributed by atoms with E-state index in [-0.39, 0.29) is 23.8 Å². The first-order valence-corrected chi connectivity index (χ1v) is 12.7. The molecule has 12 heteroatoms. The van der Waals surface area contributed by atoms with E-state index in [1.165, 1.54) is 23.1 Å². The monoisotopic (exact) mass is 606 g/mol. The van der Waals surface area contributed by atoms with Gasteiger partial charge in [-0.15, -0.1) is 0 Å². The Bertz CT molecular complexity index is 1860. The summed E-state index contributed by atoms with van der Waals surface area (Å²) in [6.07, 6.45) is -1.80. The molecule has 6 aromatic rings. The van der Waals surface area contributed by atoms with E-state index in [0.717, 1.165) is 21.3 Å². The second-order valence-corrected chi connectivity index (χ2v) is 9.75. The zero-order valence-electron chi connectivity index (χ0n) is 20.4. The van der Waals surface area contributed by atoms with Crippen LogP contribution < -0.4 is 10.1 Å². The van der Waals surface area contributed by atoms with Gasteiger partial charge in [0.2, 0.25) is 0 Å². The average molecular weight is 607 g/mol. The normalized spacial score (nSPS) is 11.7. The first kappa shape index (κ1) is 25.6. The number of nitrogens with zero attached hydrogens (tertiary/aromatic N) is 5. The molecule has 0 radical (unpaired) electrons. The summed E-state index contributed by atoms with van der Waals surface area (Å²) < 4.78 is 50.7. The number of carbonyl (C=O) groups is 1. The molecule has 0 aliphatic heterocycles. The van der Waals surface area contributed by atoms with Crippen LogP contribution in [0.5, 0.6) is 5.75 Å². The molecule has 3 aromatic carbocycles. The Balaban J connectivity index is 1.25. The predicted octanol–water partition coefficient (Wildman–Crippen LogP) is 6.82. The molecule has 3 aromatic heterocycles. The number of amides is 1. The number of fused-ring (bicyclic) bond motifs is 2. The molecule has 40 heavy (non-hydrogen) atoms. The Morgan fingerprint density at radius 1 is 0.975 bits per heavy atom. The van der Waals surface area contributed by atoms with E-state index in [2.05, 4.69) is 36.4 Å². The van der Waals surface area contributed by atoms with Crippen LogP contribution >= 0.6 is 15.9 Å². The largest absolute Gasteiger partial charge is 0.471 e. The lowest BCUT2D eigenvalue weighted by atomic mass is 10.0. The Kier molecular flexibility index (Phi) is 6.46. The van der Waals surface area contributed by atoms with Gasteiger partial charge < -0.3 is 10.1 Å². The number of alkyl halides is 3. The van der Waals surface area contributed by atoms with Gasteiger partial charge in [-0.1, -0.05) is 52.3 Å². The van der Waals surface area contributed by atoms with Crippen molar-refractivity contribution in [3.05, 3.63) is 107 Å². The molecule has 0 spiro atoms. The number of rotatable bonds is 6. The van der Waals surface area contributed by atoms with Crippen molar-refractivity contribution >= 4 is 43.9 Å². The highest BCUT2D eigenvalue weighted by Crippen LogP contribution is 2.33. The highest BCUT2D eigenvalue weighted by molar-refractivity contribution is 9.10. The fourth-order valence-electron chi connectivity index (χ4n) is 4.15. The molecule has 6 rings (SSSR count). The van der Waals surface area contributed by atoms with Gasteiger partial charge in [-0.3, -0.25) is 4.79 Å². The Morgan fingerprint density at radius 3 is 2.52 bits per heavy atom. The Labute approximate surface area is 233 Å². The van der Waals surface area contributed by atoms with E-state index >= 15 is 0 Å². The van der Waals surface area contributed by atoms with Crippen LogP contribution in [0.15, 0.2) is 95.7 Å². The van der Waals surface area contributed by atoms with Crippen molar-refractivity contribution in [3.63, 3.8) is 0 Å². The number of carbonyl (C=O) groups excluding carboxylic acids is 1. The molecular weight excluding hydrogens is 589 g/mol. The number of anilines is 1. The third-order valence-electron chi connectivity index (χ3n) is 6.06. The number of hydrogen-bond donors (Lipinski definition) is 1. The van der Waals surface area contributed by atoms with Gasteiger partial charge in [0.25, 0.3) is 5.91 Å². The number of nitrogens with one attached hydrogen (secondary N) is 1. The molecule has 0 atom stereocenters. The minimum absolute atomic E-state index is 0.0856. The summed E-state index contributed by atoms with van der Waals surface area (Å²) in [5, 5.41) is 12.5. The van der Waals surface area contributed by atoms with Gasteiger partial charge in [-0.2, -0.15) is 23.4 Å². The molecule has 0 saturated carbocycles. The first-order valence-electron chi connectivity index (χ1n) is 11.9. The minimum atomic E-state index is -4.73. The van der Waals surface area contributed by atoms with Crippen molar-refractivity contribution < 1.29 is 22.7 Å². The van der Waals surface area contributed by atoms with Crippen molar-refractivity contribution in [2.24, 2.45) is 0 Å². The summed E-state index contributed by atoms with van der Waals surface area (Å²) in [7, 11) is 0. The maximum Gasteiger partial charge on any atom is 0.433 e. The number of aromatic nitrogens is 5. The SMILES string of the molecule is O=C(Nc1cnn(COc2ccc(Br)cc2)c1)c1cc2nc(-c3ccc4ccccc4c3)cc(C(F)(F)F)n2n1. The molecule has 0 aliphatic rings. The molecule has 3 heterocycles. The van der Waals surface area contributed by atoms with E-state index in [0.29, 0.717) is 21.5 Å². The van der Waals surface area contributed by atoms with Crippen LogP contribution in [-0.2, 0) is 12.9 Å². The maximum absolute atomic E-state index is 14.0. The van der Waals surface area contributed by atoms with Gasteiger partial charge in [0.05, 0.1) is 23.8 Å². The summed E-state index contributed by atoms with van der Waals surface area (Å²) in [5.41, 5.74) is -0.435. The number of benzene rings is 3. The van der Waals surface area contributed by atoms with Gasteiger partial charge in [-0.05, 0) is 47.2 Å². The van der Waals surface area contributed by atoms with Crippen molar-refractivity contribution in [2.75, 3.05) is 5.32 Å². The summed E-state index contributed by atoms with van der Waals surface area (Å²) in [5.74, 6) is -0.0794. The zero-order chi connectivity index (χ0) is 27.9. The lowest BCUT2D eigenvalue weighted by Gasteiger charge is -2.11. The third kappa shape index (κ3) is 5.25. The summed E-state index contributed by atoms with van der Waals surface area (Å²) >= 11 is 3.35. The molecule has 0 aliphatic carbocycles. The van der Waals surface area contributed by atoms with E-state index in [4.69, 9.17) is 4.74 Å². The van der Waals surface area contributed by atoms with Crippen LogP contribution in [0, 0.1) is 0 Å². The molecule has 8 nitrogen and oxygen atoms in total. The van der Waals surface area contributed by atoms with Crippen molar-refractivity contribution in [2.45, 2.75) is 12.9 Å². The zero-order valence-corrected chi connectivity index (χ0v) is 22.0. The number of ether oxygens (including phenoxy) is 1.